The van der Waals surface area contributed by atoms with Gasteiger partial charge in [-0.05, 0) is 69.0 Å². The van der Waals surface area contributed by atoms with Gasteiger partial charge in [-0.3, -0.25) is 4.79 Å². The quantitative estimate of drug-likeness (QED) is 0.474. The van der Waals surface area contributed by atoms with E-state index >= 15 is 0 Å². The molecule has 0 amide bonds. The van der Waals surface area contributed by atoms with Crippen molar-refractivity contribution in [2.75, 3.05) is 0 Å². The van der Waals surface area contributed by atoms with Gasteiger partial charge in [-0.15, -0.1) is 0 Å². The first-order valence-corrected chi connectivity index (χ1v) is 10.5. The van der Waals surface area contributed by atoms with E-state index < -0.39 is 5.60 Å². The Morgan fingerprint density at radius 2 is 1.48 bits per heavy atom. The van der Waals surface area contributed by atoms with Crippen LogP contribution in [0.3, 0.4) is 0 Å². The number of halogens is 2. The summed E-state index contributed by atoms with van der Waals surface area (Å²) in [6.07, 6.45) is 0.410. The summed E-state index contributed by atoms with van der Waals surface area (Å²) in [5.41, 5.74) is 7.56. The van der Waals surface area contributed by atoms with Crippen LogP contribution in [-0.4, -0.2) is 11.6 Å². The number of rotatable bonds is 4. The number of hydrogen-bond acceptors (Lipinski definition) is 3. The molecule has 0 fully saturated rings. The van der Waals surface area contributed by atoms with Crippen LogP contribution < -0.4 is 5.73 Å². The van der Waals surface area contributed by atoms with Crippen LogP contribution in [0.25, 0.3) is 0 Å². The Bertz CT molecular complexity index is 739. The van der Waals surface area contributed by atoms with E-state index in [2.05, 4.69) is 31.9 Å². The highest BCUT2D eigenvalue weighted by atomic mass is 79.9. The van der Waals surface area contributed by atoms with Crippen molar-refractivity contribution in [3.63, 3.8) is 0 Å². The number of carbonyl (C=O) groups is 1. The monoisotopic (exact) mass is 497 g/mol. The molecule has 2 rings (SSSR count). The molecule has 0 heterocycles. The Morgan fingerprint density at radius 3 is 1.89 bits per heavy atom. The zero-order valence-corrected chi connectivity index (χ0v) is 19.8. The van der Waals surface area contributed by atoms with E-state index in [1.165, 1.54) is 0 Å². The van der Waals surface area contributed by atoms with Gasteiger partial charge in [-0.1, -0.05) is 63.0 Å². The first-order valence-electron chi connectivity index (χ1n) is 8.96. The number of hydrogen-bond donors (Lipinski definition) is 1. The summed E-state index contributed by atoms with van der Waals surface area (Å²) < 4.78 is 7.43. The maximum atomic E-state index is 11.7. The second kappa shape index (κ2) is 11.0. The second-order valence-corrected chi connectivity index (χ2v) is 9.42. The summed E-state index contributed by atoms with van der Waals surface area (Å²) in [5, 5.41) is 0. The number of esters is 1. The summed E-state index contributed by atoms with van der Waals surface area (Å²) in [4.78, 5) is 11.7. The standard InChI is InChI=1S/C14H19BrO2.C8H10BrN/c1-10(8-13(16)17-14(2,3)4)11-6-5-7-12(15)9-11;1-6(10)7-3-2-4-8(9)5-7/h5-7,9-10H,8H2,1-4H3;2-6H,10H2,1H3/t10-;6-/m01/s1. The van der Waals surface area contributed by atoms with Gasteiger partial charge in [0, 0.05) is 15.0 Å². The van der Waals surface area contributed by atoms with E-state index in [1.807, 2.05) is 83.1 Å². The highest BCUT2D eigenvalue weighted by Gasteiger charge is 2.19. The highest BCUT2D eigenvalue weighted by molar-refractivity contribution is 9.10. The minimum Gasteiger partial charge on any atom is -0.460 e. The molecule has 0 spiro atoms. The van der Waals surface area contributed by atoms with Gasteiger partial charge in [0.2, 0.25) is 0 Å². The summed E-state index contributed by atoms with van der Waals surface area (Å²) in [6.45, 7) is 9.66. The fourth-order valence-corrected chi connectivity index (χ4v) is 3.19. The van der Waals surface area contributed by atoms with Crippen molar-refractivity contribution in [2.24, 2.45) is 5.73 Å². The topological polar surface area (TPSA) is 52.3 Å². The van der Waals surface area contributed by atoms with Crippen molar-refractivity contribution >= 4 is 37.8 Å². The highest BCUT2D eigenvalue weighted by Crippen LogP contribution is 2.23. The van der Waals surface area contributed by atoms with Crippen LogP contribution in [0.1, 0.15) is 64.1 Å². The summed E-state index contributed by atoms with van der Waals surface area (Å²) >= 11 is 6.80. The Hall–Kier alpha value is -1.17. The molecule has 27 heavy (non-hydrogen) atoms. The van der Waals surface area contributed by atoms with Crippen LogP contribution in [0.2, 0.25) is 0 Å². The Balaban J connectivity index is 0.000000309. The molecule has 0 aliphatic heterocycles. The van der Waals surface area contributed by atoms with Gasteiger partial charge < -0.3 is 10.5 Å². The Kier molecular flexibility index (Phi) is 9.71. The van der Waals surface area contributed by atoms with Crippen LogP contribution in [0.5, 0.6) is 0 Å². The molecule has 0 aromatic heterocycles. The average molecular weight is 499 g/mol. The Labute approximate surface area is 179 Å². The van der Waals surface area contributed by atoms with Gasteiger partial charge in [0.1, 0.15) is 5.60 Å². The Morgan fingerprint density at radius 1 is 1.00 bits per heavy atom. The molecule has 0 saturated heterocycles. The minimum absolute atomic E-state index is 0.123. The van der Waals surface area contributed by atoms with E-state index in [1.54, 1.807) is 0 Å². The molecule has 0 saturated carbocycles. The molecule has 2 aromatic carbocycles. The van der Waals surface area contributed by atoms with E-state index in [0.717, 1.165) is 20.1 Å². The molecular formula is C22H29Br2NO2. The number of carbonyl (C=O) groups excluding carboxylic acids is 1. The minimum atomic E-state index is -0.409. The maximum absolute atomic E-state index is 11.7. The largest absolute Gasteiger partial charge is 0.460 e. The number of nitrogens with two attached hydrogens (primary N) is 1. The molecule has 2 aromatic rings. The van der Waals surface area contributed by atoms with E-state index in [9.17, 15) is 4.79 Å². The fraction of sp³-hybridized carbons (Fsp3) is 0.409. The van der Waals surface area contributed by atoms with Gasteiger partial charge in [0.15, 0.2) is 0 Å². The van der Waals surface area contributed by atoms with E-state index in [-0.39, 0.29) is 17.9 Å². The van der Waals surface area contributed by atoms with E-state index in [0.29, 0.717) is 6.42 Å². The normalized spacial score (nSPS) is 13.2. The zero-order valence-electron chi connectivity index (χ0n) is 16.6. The van der Waals surface area contributed by atoms with Crippen LogP contribution in [0, 0.1) is 0 Å². The lowest BCUT2D eigenvalue weighted by molar-refractivity contribution is -0.155. The summed E-state index contributed by atoms with van der Waals surface area (Å²) in [6, 6.07) is 16.2. The lowest BCUT2D eigenvalue weighted by atomic mass is 9.98. The molecule has 0 unspecified atom stereocenters. The van der Waals surface area contributed by atoms with Crippen molar-refractivity contribution < 1.29 is 9.53 Å². The predicted molar refractivity (Wildman–Crippen MR) is 120 cm³/mol. The van der Waals surface area contributed by atoms with Crippen molar-refractivity contribution in [3.8, 4) is 0 Å². The van der Waals surface area contributed by atoms with Crippen molar-refractivity contribution in [1.82, 2.24) is 0 Å². The van der Waals surface area contributed by atoms with Crippen molar-refractivity contribution in [3.05, 3.63) is 68.6 Å². The molecule has 3 nitrogen and oxygen atoms in total. The zero-order chi connectivity index (χ0) is 20.6. The molecule has 0 bridgehead atoms. The summed E-state index contributed by atoms with van der Waals surface area (Å²) in [7, 11) is 0. The van der Waals surface area contributed by atoms with Gasteiger partial charge in [-0.2, -0.15) is 0 Å². The molecule has 0 aliphatic rings. The van der Waals surface area contributed by atoms with Gasteiger partial charge in [-0.25, -0.2) is 0 Å². The molecule has 5 heteroatoms. The third kappa shape index (κ3) is 10.1. The van der Waals surface area contributed by atoms with Crippen molar-refractivity contribution in [1.29, 1.82) is 0 Å². The van der Waals surface area contributed by atoms with Crippen LogP contribution in [-0.2, 0) is 9.53 Å². The number of benzene rings is 2. The van der Waals surface area contributed by atoms with E-state index in [4.69, 9.17) is 10.5 Å². The third-order valence-electron chi connectivity index (χ3n) is 3.69. The second-order valence-electron chi connectivity index (χ2n) is 7.59. The molecule has 0 radical (unpaired) electrons. The van der Waals surface area contributed by atoms with Gasteiger partial charge in [0.25, 0.3) is 0 Å². The molecule has 2 N–H and O–H groups in total. The maximum Gasteiger partial charge on any atom is 0.306 e. The molecule has 2 atom stereocenters. The van der Waals surface area contributed by atoms with Gasteiger partial charge >= 0.3 is 5.97 Å². The molecule has 148 valence electrons. The van der Waals surface area contributed by atoms with Crippen LogP contribution >= 0.6 is 31.9 Å². The van der Waals surface area contributed by atoms with Crippen LogP contribution in [0.4, 0.5) is 0 Å². The molecular weight excluding hydrogens is 470 g/mol. The first kappa shape index (κ1) is 23.9. The number of ether oxygens (including phenoxy) is 1. The predicted octanol–water partition coefficient (Wildman–Crippen LogP) is 6.75. The van der Waals surface area contributed by atoms with Crippen LogP contribution in [0.15, 0.2) is 57.5 Å². The smallest absolute Gasteiger partial charge is 0.306 e. The lowest BCUT2D eigenvalue weighted by Gasteiger charge is -2.21. The molecule has 0 aliphatic carbocycles. The first-order chi connectivity index (χ1) is 12.5. The SMILES string of the molecule is C[C@@H](CC(=O)OC(C)(C)C)c1cccc(Br)c1.C[C@@H](N)c1cccc(Br)c1. The van der Waals surface area contributed by atoms with Crippen molar-refractivity contribution in [2.45, 2.75) is 58.6 Å². The van der Waals surface area contributed by atoms with Gasteiger partial charge in [0.05, 0.1) is 6.42 Å². The fourth-order valence-electron chi connectivity index (χ4n) is 2.35. The third-order valence-corrected chi connectivity index (χ3v) is 4.67. The summed E-state index contributed by atoms with van der Waals surface area (Å²) in [5.74, 6) is 0.0207. The lowest BCUT2D eigenvalue weighted by Crippen LogP contribution is -2.24. The average Bonchev–Trinajstić information content (AvgIpc) is 2.53.